The van der Waals surface area contributed by atoms with Crippen molar-refractivity contribution in [2.75, 3.05) is 24.7 Å². The standard InChI is InChI=1S/C13H23N5OS/c1-13(2,3)11-15-16-12(18(11)14)20-9-10(19)17-7-5-4-6-8-17/h4-9,14H2,1-3H3. The number of hydrogen-bond acceptors (Lipinski definition) is 5. The molecule has 1 amide bonds. The molecule has 20 heavy (non-hydrogen) atoms. The van der Waals surface area contributed by atoms with Crippen molar-refractivity contribution < 1.29 is 4.79 Å². The van der Waals surface area contributed by atoms with Gasteiger partial charge in [-0.1, -0.05) is 32.5 Å². The van der Waals surface area contributed by atoms with Gasteiger partial charge in [0.2, 0.25) is 11.1 Å². The number of nitrogen functional groups attached to an aromatic ring is 1. The second-order valence-electron chi connectivity index (χ2n) is 6.16. The van der Waals surface area contributed by atoms with Crippen LogP contribution in [0.2, 0.25) is 0 Å². The van der Waals surface area contributed by atoms with Crippen molar-refractivity contribution >= 4 is 17.7 Å². The molecule has 2 heterocycles. The number of piperidine rings is 1. The number of thioether (sulfide) groups is 1. The molecule has 0 atom stereocenters. The van der Waals surface area contributed by atoms with E-state index in [4.69, 9.17) is 5.84 Å². The van der Waals surface area contributed by atoms with Crippen molar-refractivity contribution in [3.8, 4) is 0 Å². The van der Waals surface area contributed by atoms with E-state index in [1.807, 2.05) is 25.7 Å². The highest BCUT2D eigenvalue weighted by Crippen LogP contribution is 2.23. The average Bonchev–Trinajstić information content (AvgIpc) is 2.78. The lowest BCUT2D eigenvalue weighted by molar-refractivity contribution is -0.129. The minimum Gasteiger partial charge on any atom is -0.342 e. The van der Waals surface area contributed by atoms with Crippen LogP contribution in [0, 0.1) is 0 Å². The summed E-state index contributed by atoms with van der Waals surface area (Å²) in [5, 5.41) is 8.80. The number of likely N-dealkylation sites (tertiary alicyclic amines) is 1. The highest BCUT2D eigenvalue weighted by Gasteiger charge is 2.24. The SMILES string of the molecule is CC(C)(C)c1nnc(SCC(=O)N2CCCCC2)n1N. The van der Waals surface area contributed by atoms with Crippen LogP contribution in [0.5, 0.6) is 0 Å². The number of carbonyl (C=O) groups excluding carboxylic acids is 1. The Morgan fingerprint density at radius 1 is 1.25 bits per heavy atom. The molecule has 7 heteroatoms. The summed E-state index contributed by atoms with van der Waals surface area (Å²) in [6.07, 6.45) is 3.44. The van der Waals surface area contributed by atoms with Gasteiger partial charge in [-0.3, -0.25) is 4.79 Å². The number of rotatable bonds is 3. The van der Waals surface area contributed by atoms with E-state index in [9.17, 15) is 4.79 Å². The molecule has 112 valence electrons. The first-order valence-electron chi connectivity index (χ1n) is 7.01. The monoisotopic (exact) mass is 297 g/mol. The normalized spacial score (nSPS) is 16.4. The first-order valence-corrected chi connectivity index (χ1v) is 7.99. The third kappa shape index (κ3) is 3.45. The van der Waals surface area contributed by atoms with E-state index in [0.717, 1.165) is 31.8 Å². The third-order valence-corrected chi connectivity index (χ3v) is 4.30. The van der Waals surface area contributed by atoms with Gasteiger partial charge in [-0.25, -0.2) is 4.68 Å². The molecule has 2 rings (SSSR count). The lowest BCUT2D eigenvalue weighted by atomic mass is 9.96. The molecule has 0 unspecified atom stereocenters. The summed E-state index contributed by atoms with van der Waals surface area (Å²) < 4.78 is 1.49. The van der Waals surface area contributed by atoms with Gasteiger partial charge in [0.05, 0.1) is 5.75 Å². The van der Waals surface area contributed by atoms with Gasteiger partial charge in [0, 0.05) is 18.5 Å². The predicted molar refractivity (Wildman–Crippen MR) is 80.0 cm³/mol. The number of carbonyl (C=O) groups is 1. The van der Waals surface area contributed by atoms with E-state index in [1.165, 1.54) is 22.9 Å². The van der Waals surface area contributed by atoms with E-state index in [-0.39, 0.29) is 11.3 Å². The van der Waals surface area contributed by atoms with Crippen molar-refractivity contribution in [2.24, 2.45) is 0 Å². The number of aromatic nitrogens is 3. The molecule has 1 fully saturated rings. The maximum absolute atomic E-state index is 12.1. The van der Waals surface area contributed by atoms with E-state index in [1.54, 1.807) is 0 Å². The first kappa shape index (κ1) is 15.2. The zero-order valence-corrected chi connectivity index (χ0v) is 13.2. The molecule has 0 aromatic carbocycles. The molecular weight excluding hydrogens is 274 g/mol. The van der Waals surface area contributed by atoms with Gasteiger partial charge in [-0.2, -0.15) is 0 Å². The Morgan fingerprint density at radius 3 is 2.45 bits per heavy atom. The fraction of sp³-hybridized carbons (Fsp3) is 0.769. The van der Waals surface area contributed by atoms with E-state index in [2.05, 4.69) is 10.2 Å². The van der Waals surface area contributed by atoms with Crippen LogP contribution < -0.4 is 5.84 Å². The summed E-state index contributed by atoms with van der Waals surface area (Å²) in [5.41, 5.74) is -0.155. The van der Waals surface area contributed by atoms with Crippen molar-refractivity contribution in [3.63, 3.8) is 0 Å². The van der Waals surface area contributed by atoms with E-state index < -0.39 is 0 Å². The summed E-state index contributed by atoms with van der Waals surface area (Å²) in [4.78, 5) is 14.0. The minimum atomic E-state index is -0.155. The topological polar surface area (TPSA) is 77.0 Å². The smallest absolute Gasteiger partial charge is 0.233 e. The number of amides is 1. The van der Waals surface area contributed by atoms with Crippen LogP contribution in [0.25, 0.3) is 0 Å². The van der Waals surface area contributed by atoms with Gasteiger partial charge >= 0.3 is 0 Å². The second-order valence-corrected chi connectivity index (χ2v) is 7.10. The quantitative estimate of drug-likeness (QED) is 0.674. The molecule has 0 bridgehead atoms. The Balaban J connectivity index is 1.94. The molecule has 0 spiro atoms. The van der Waals surface area contributed by atoms with Gasteiger partial charge in [-0.15, -0.1) is 10.2 Å². The summed E-state index contributed by atoms with van der Waals surface area (Å²) in [7, 11) is 0. The molecule has 1 aromatic rings. The Hall–Kier alpha value is -1.24. The first-order chi connectivity index (χ1) is 9.39. The summed E-state index contributed by atoms with van der Waals surface area (Å²) in [5.74, 6) is 7.26. The Morgan fingerprint density at radius 2 is 1.90 bits per heavy atom. The fourth-order valence-electron chi connectivity index (χ4n) is 2.25. The van der Waals surface area contributed by atoms with Gasteiger partial charge in [-0.05, 0) is 19.3 Å². The molecule has 1 aliphatic rings. The number of nitrogens with zero attached hydrogens (tertiary/aromatic N) is 4. The molecule has 1 aromatic heterocycles. The zero-order valence-electron chi connectivity index (χ0n) is 12.4. The molecule has 0 radical (unpaired) electrons. The fourth-order valence-corrected chi connectivity index (χ4v) is 3.01. The summed E-state index contributed by atoms with van der Waals surface area (Å²) in [6, 6.07) is 0. The average molecular weight is 297 g/mol. The maximum Gasteiger partial charge on any atom is 0.233 e. The molecule has 1 aliphatic heterocycles. The van der Waals surface area contributed by atoms with E-state index >= 15 is 0 Å². The van der Waals surface area contributed by atoms with Crippen LogP contribution in [0.15, 0.2) is 5.16 Å². The highest BCUT2D eigenvalue weighted by atomic mass is 32.2. The third-order valence-electron chi connectivity index (χ3n) is 3.37. The molecule has 2 N–H and O–H groups in total. The van der Waals surface area contributed by atoms with E-state index in [0.29, 0.717) is 10.9 Å². The van der Waals surface area contributed by atoms with Gasteiger partial charge in [0.25, 0.3) is 0 Å². The lowest BCUT2D eigenvalue weighted by Gasteiger charge is -2.26. The molecule has 0 aliphatic carbocycles. The van der Waals surface area contributed by atoms with Gasteiger partial charge in [0.15, 0.2) is 5.82 Å². The lowest BCUT2D eigenvalue weighted by Crippen LogP contribution is -2.36. The molecule has 1 saturated heterocycles. The molecular formula is C13H23N5OS. The van der Waals surface area contributed by atoms with Gasteiger partial charge < -0.3 is 10.7 Å². The van der Waals surface area contributed by atoms with Gasteiger partial charge in [0.1, 0.15) is 0 Å². The van der Waals surface area contributed by atoms with Crippen LogP contribution in [0.3, 0.4) is 0 Å². The largest absolute Gasteiger partial charge is 0.342 e. The Bertz CT molecular complexity index is 474. The Kier molecular flexibility index (Phi) is 4.57. The number of hydrogen-bond donors (Lipinski definition) is 1. The maximum atomic E-state index is 12.1. The highest BCUT2D eigenvalue weighted by molar-refractivity contribution is 7.99. The predicted octanol–water partition coefficient (Wildman–Crippen LogP) is 1.39. The van der Waals surface area contributed by atoms with Crippen LogP contribution in [-0.2, 0) is 10.2 Å². The zero-order chi connectivity index (χ0) is 14.8. The summed E-state index contributed by atoms with van der Waals surface area (Å²) in [6.45, 7) is 7.86. The van der Waals surface area contributed by atoms with Crippen molar-refractivity contribution in [1.29, 1.82) is 0 Å². The second kappa shape index (κ2) is 6.03. The number of nitrogens with two attached hydrogens (primary N) is 1. The van der Waals surface area contributed by atoms with Crippen LogP contribution in [0.4, 0.5) is 0 Å². The van der Waals surface area contributed by atoms with Crippen LogP contribution >= 0.6 is 11.8 Å². The van der Waals surface area contributed by atoms with Crippen molar-refractivity contribution in [2.45, 2.75) is 50.6 Å². The Labute approximate surface area is 124 Å². The minimum absolute atomic E-state index is 0.155. The van der Waals surface area contributed by atoms with Crippen LogP contribution in [0.1, 0.15) is 45.9 Å². The van der Waals surface area contributed by atoms with Crippen molar-refractivity contribution in [1.82, 2.24) is 19.8 Å². The molecule has 6 nitrogen and oxygen atoms in total. The summed E-state index contributed by atoms with van der Waals surface area (Å²) >= 11 is 1.36. The van der Waals surface area contributed by atoms with Crippen LogP contribution in [-0.4, -0.2) is 44.5 Å². The van der Waals surface area contributed by atoms with Crippen molar-refractivity contribution in [3.05, 3.63) is 5.82 Å². The molecule has 0 saturated carbocycles.